The minimum absolute atomic E-state index is 0.363. The van der Waals surface area contributed by atoms with Gasteiger partial charge in [-0.2, -0.15) is 0 Å². The Balaban J connectivity index is 4.10. The van der Waals surface area contributed by atoms with Gasteiger partial charge in [-0.15, -0.1) is 0 Å². The molecule has 0 N–H and O–H groups in total. The van der Waals surface area contributed by atoms with Crippen LogP contribution in [0.4, 0.5) is 0 Å². The number of hydrogen-bond donors (Lipinski definition) is 0. The first-order valence-corrected chi connectivity index (χ1v) is 4.15. The summed E-state index contributed by atoms with van der Waals surface area (Å²) in [5.74, 6) is 0. The van der Waals surface area contributed by atoms with E-state index < -0.39 is 0 Å². The Morgan fingerprint density at radius 1 is 1.00 bits per heavy atom. The molecule has 0 aliphatic rings. The molecule has 0 heterocycles. The SMILES string of the molecule is CC[CH]C(C)(C)C(C)(C)C. The smallest absolute Gasteiger partial charge is 0.0275 e. The zero-order valence-corrected chi connectivity index (χ0v) is 8.28. The lowest BCUT2D eigenvalue weighted by molar-refractivity contribution is 0.168. The molecule has 0 spiro atoms. The van der Waals surface area contributed by atoms with E-state index in [4.69, 9.17) is 0 Å². The quantitative estimate of drug-likeness (QED) is 0.550. The monoisotopic (exact) mass is 141 g/mol. The van der Waals surface area contributed by atoms with Crippen molar-refractivity contribution in [3.8, 4) is 0 Å². The molecule has 0 heteroatoms. The lowest BCUT2D eigenvalue weighted by Crippen LogP contribution is -2.29. The van der Waals surface area contributed by atoms with Gasteiger partial charge in [-0.3, -0.25) is 0 Å². The van der Waals surface area contributed by atoms with Gasteiger partial charge in [0.15, 0.2) is 0 Å². The van der Waals surface area contributed by atoms with Crippen molar-refractivity contribution in [1.82, 2.24) is 0 Å². The summed E-state index contributed by atoms with van der Waals surface area (Å²) in [5, 5.41) is 0. The van der Waals surface area contributed by atoms with Crippen molar-refractivity contribution >= 4 is 0 Å². The van der Waals surface area contributed by atoms with E-state index in [2.05, 4.69) is 48.0 Å². The Hall–Kier alpha value is 0. The predicted octanol–water partition coefficient (Wildman–Crippen LogP) is 3.67. The summed E-state index contributed by atoms with van der Waals surface area (Å²) in [6.07, 6.45) is 3.57. The first-order valence-electron chi connectivity index (χ1n) is 4.15. The number of hydrogen-bond acceptors (Lipinski definition) is 0. The van der Waals surface area contributed by atoms with Crippen molar-refractivity contribution in [2.75, 3.05) is 0 Å². The van der Waals surface area contributed by atoms with Gasteiger partial charge < -0.3 is 0 Å². The van der Waals surface area contributed by atoms with Gasteiger partial charge in [0, 0.05) is 0 Å². The third-order valence-corrected chi connectivity index (χ3v) is 2.65. The minimum atomic E-state index is 0.363. The van der Waals surface area contributed by atoms with Gasteiger partial charge in [0.2, 0.25) is 0 Å². The molecular weight excluding hydrogens is 120 g/mol. The number of rotatable bonds is 2. The van der Waals surface area contributed by atoms with E-state index in [0.29, 0.717) is 10.8 Å². The van der Waals surface area contributed by atoms with Gasteiger partial charge in [-0.1, -0.05) is 48.0 Å². The lowest BCUT2D eigenvalue weighted by Gasteiger charge is -2.38. The van der Waals surface area contributed by atoms with Crippen molar-refractivity contribution < 1.29 is 0 Å². The van der Waals surface area contributed by atoms with Crippen LogP contribution in [0, 0.1) is 17.3 Å². The van der Waals surface area contributed by atoms with Crippen LogP contribution in [-0.4, -0.2) is 0 Å². The molecule has 0 nitrogen and oxygen atoms in total. The first kappa shape index (κ1) is 10.0. The molecule has 0 saturated heterocycles. The molecule has 0 unspecified atom stereocenters. The highest BCUT2D eigenvalue weighted by atomic mass is 14.4. The van der Waals surface area contributed by atoms with Crippen LogP contribution in [0.5, 0.6) is 0 Å². The van der Waals surface area contributed by atoms with Gasteiger partial charge in [0.05, 0.1) is 0 Å². The fraction of sp³-hybridized carbons (Fsp3) is 0.900. The molecule has 10 heavy (non-hydrogen) atoms. The Morgan fingerprint density at radius 2 is 1.40 bits per heavy atom. The highest BCUT2D eigenvalue weighted by Gasteiger charge is 2.31. The van der Waals surface area contributed by atoms with Gasteiger partial charge >= 0.3 is 0 Å². The molecule has 0 fully saturated rings. The fourth-order valence-electron chi connectivity index (χ4n) is 0.816. The zero-order valence-electron chi connectivity index (χ0n) is 8.28. The standard InChI is InChI=1S/C10H21/c1-7-8-10(5,6)9(2,3)4/h8H,7H2,1-6H3. The molecule has 0 rings (SSSR count). The molecule has 0 aliphatic heterocycles. The van der Waals surface area contributed by atoms with Gasteiger partial charge in [0.1, 0.15) is 0 Å². The van der Waals surface area contributed by atoms with Crippen LogP contribution in [0.3, 0.4) is 0 Å². The highest BCUT2D eigenvalue weighted by molar-refractivity contribution is 4.92. The molecule has 0 aromatic heterocycles. The summed E-state index contributed by atoms with van der Waals surface area (Å²) in [4.78, 5) is 0. The lowest BCUT2D eigenvalue weighted by atomic mass is 9.67. The fourth-order valence-corrected chi connectivity index (χ4v) is 0.816. The molecular formula is C10H21. The van der Waals surface area contributed by atoms with E-state index in [-0.39, 0.29) is 0 Å². The van der Waals surface area contributed by atoms with Crippen molar-refractivity contribution in [2.24, 2.45) is 10.8 Å². The molecule has 1 radical (unpaired) electrons. The molecule has 61 valence electrons. The summed E-state index contributed by atoms with van der Waals surface area (Å²) < 4.78 is 0. The van der Waals surface area contributed by atoms with Crippen LogP contribution >= 0.6 is 0 Å². The van der Waals surface area contributed by atoms with E-state index in [1.54, 1.807) is 0 Å². The second kappa shape index (κ2) is 2.94. The van der Waals surface area contributed by atoms with Crippen LogP contribution in [0.15, 0.2) is 0 Å². The maximum atomic E-state index is 2.40. The average molecular weight is 141 g/mol. The Labute approximate surface area is 66.0 Å². The van der Waals surface area contributed by atoms with Crippen LogP contribution in [0.25, 0.3) is 0 Å². The van der Waals surface area contributed by atoms with Crippen molar-refractivity contribution in [3.63, 3.8) is 0 Å². The molecule has 0 saturated carbocycles. The summed E-state index contributed by atoms with van der Waals surface area (Å²) in [6, 6.07) is 0. The average Bonchev–Trinajstić information content (AvgIpc) is 1.61. The molecule has 0 aliphatic carbocycles. The maximum absolute atomic E-state index is 2.40. The normalized spacial score (nSPS) is 13.8. The minimum Gasteiger partial charge on any atom is -0.0651 e. The van der Waals surface area contributed by atoms with Crippen LogP contribution in [0.2, 0.25) is 0 Å². The van der Waals surface area contributed by atoms with E-state index in [1.807, 2.05) is 0 Å². The predicted molar refractivity (Wildman–Crippen MR) is 47.8 cm³/mol. The van der Waals surface area contributed by atoms with E-state index in [1.165, 1.54) is 6.42 Å². The van der Waals surface area contributed by atoms with E-state index in [9.17, 15) is 0 Å². The summed E-state index contributed by atoms with van der Waals surface area (Å²) in [7, 11) is 0. The van der Waals surface area contributed by atoms with Crippen molar-refractivity contribution in [2.45, 2.75) is 48.0 Å². The summed E-state index contributed by atoms with van der Waals surface area (Å²) >= 11 is 0. The zero-order chi connectivity index (χ0) is 8.41. The summed E-state index contributed by atoms with van der Waals surface area (Å²) in [6.45, 7) is 13.7. The molecule has 0 bridgehead atoms. The summed E-state index contributed by atoms with van der Waals surface area (Å²) in [5.41, 5.74) is 0.755. The second-order valence-corrected chi connectivity index (χ2v) is 4.58. The van der Waals surface area contributed by atoms with E-state index >= 15 is 0 Å². The topological polar surface area (TPSA) is 0 Å². The van der Waals surface area contributed by atoms with Gasteiger partial charge in [-0.05, 0) is 17.3 Å². The highest BCUT2D eigenvalue weighted by Crippen LogP contribution is 2.40. The molecule has 0 aromatic carbocycles. The Morgan fingerprint density at radius 3 is 1.50 bits per heavy atom. The van der Waals surface area contributed by atoms with Gasteiger partial charge in [-0.25, -0.2) is 0 Å². The maximum Gasteiger partial charge on any atom is -0.0275 e. The Kier molecular flexibility index (Phi) is 2.94. The third-order valence-electron chi connectivity index (χ3n) is 2.65. The van der Waals surface area contributed by atoms with Gasteiger partial charge in [0.25, 0.3) is 0 Å². The molecule has 0 amide bonds. The van der Waals surface area contributed by atoms with Crippen LogP contribution < -0.4 is 0 Å². The first-order chi connectivity index (χ1) is 4.31. The second-order valence-electron chi connectivity index (χ2n) is 4.58. The van der Waals surface area contributed by atoms with E-state index in [0.717, 1.165) is 0 Å². The molecule has 0 aromatic rings. The van der Waals surface area contributed by atoms with Crippen LogP contribution in [-0.2, 0) is 0 Å². The Bertz CT molecular complexity index is 93.1. The van der Waals surface area contributed by atoms with Crippen molar-refractivity contribution in [3.05, 3.63) is 6.42 Å². The van der Waals surface area contributed by atoms with Crippen LogP contribution in [0.1, 0.15) is 48.0 Å². The largest absolute Gasteiger partial charge is 0.0651 e. The third kappa shape index (κ3) is 2.32. The molecule has 0 atom stereocenters. The van der Waals surface area contributed by atoms with Crippen molar-refractivity contribution in [1.29, 1.82) is 0 Å².